The average molecular weight is 524 g/mol. The molecule has 2 aliphatic rings. The summed E-state index contributed by atoms with van der Waals surface area (Å²) in [5.41, 5.74) is 0.0965. The Bertz CT molecular complexity index is 1120. The van der Waals surface area contributed by atoms with Gasteiger partial charge in [0.25, 0.3) is 5.91 Å². The first kappa shape index (κ1) is 26.9. The summed E-state index contributed by atoms with van der Waals surface area (Å²) in [6.07, 6.45) is -1.67. The average Bonchev–Trinajstić information content (AvgIpc) is 3.12. The first-order valence-electron chi connectivity index (χ1n) is 12.1. The van der Waals surface area contributed by atoms with Gasteiger partial charge in [0, 0.05) is 39.4 Å². The molecule has 2 aromatic rings. The third-order valence-electron chi connectivity index (χ3n) is 6.84. The Balaban J connectivity index is 1.39. The summed E-state index contributed by atoms with van der Waals surface area (Å²) in [6, 6.07) is 5.63. The van der Waals surface area contributed by atoms with Gasteiger partial charge in [-0.3, -0.25) is 14.5 Å². The van der Waals surface area contributed by atoms with Gasteiger partial charge in [-0.05, 0) is 49.3 Å². The highest BCUT2D eigenvalue weighted by Gasteiger charge is 2.56. The lowest BCUT2D eigenvalue weighted by Gasteiger charge is -2.27. The number of ether oxygens (including phenoxy) is 1. The minimum Gasteiger partial charge on any atom is -0.406 e. The molecule has 1 aliphatic carbocycles. The van der Waals surface area contributed by atoms with Crippen LogP contribution in [0.4, 0.5) is 13.2 Å². The van der Waals surface area contributed by atoms with Crippen LogP contribution in [0.5, 0.6) is 5.75 Å². The molecule has 0 bridgehead atoms. The van der Waals surface area contributed by atoms with E-state index in [2.05, 4.69) is 19.9 Å². The normalized spacial score (nSPS) is 21.4. The number of hydrogen-bond donors (Lipinski definition) is 2. The third kappa shape index (κ3) is 7.01. The molecule has 1 saturated carbocycles. The van der Waals surface area contributed by atoms with Crippen molar-refractivity contribution in [3.05, 3.63) is 48.0 Å². The Labute approximate surface area is 213 Å². The molecular weight excluding hydrogens is 491 g/mol. The highest BCUT2D eigenvalue weighted by atomic mass is 19.4. The molecule has 2 unspecified atom stereocenters. The van der Waals surface area contributed by atoms with E-state index >= 15 is 0 Å². The molecule has 2 N–H and O–H groups in total. The fourth-order valence-electron chi connectivity index (χ4n) is 5.02. The van der Waals surface area contributed by atoms with Crippen molar-refractivity contribution >= 4 is 11.8 Å². The van der Waals surface area contributed by atoms with Gasteiger partial charge in [0.2, 0.25) is 5.91 Å². The smallest absolute Gasteiger partial charge is 0.406 e. The summed E-state index contributed by atoms with van der Waals surface area (Å²) in [7, 11) is 1.75. The van der Waals surface area contributed by atoms with Crippen molar-refractivity contribution in [3.8, 4) is 5.75 Å². The molecule has 2 fully saturated rings. The second-order valence-electron chi connectivity index (χ2n) is 10.6. The van der Waals surface area contributed by atoms with Crippen LogP contribution in [0, 0.1) is 17.8 Å². The molecule has 0 spiro atoms. The van der Waals surface area contributed by atoms with Gasteiger partial charge in [0.1, 0.15) is 11.4 Å². The van der Waals surface area contributed by atoms with E-state index in [-0.39, 0.29) is 48.9 Å². The van der Waals surface area contributed by atoms with Crippen molar-refractivity contribution in [3.63, 3.8) is 0 Å². The number of carbonyl (C=O) groups is 2. The lowest BCUT2D eigenvalue weighted by atomic mass is 10.1. The number of fused-ring (bicyclic) bond motifs is 1. The molecule has 9 nitrogen and oxygen atoms in total. The third-order valence-corrected chi connectivity index (χ3v) is 6.84. The second kappa shape index (κ2) is 10.3. The number of alkyl halides is 3. The lowest BCUT2D eigenvalue weighted by molar-refractivity contribution is -0.274. The number of carbonyl (C=O) groups excluding carboxylic acids is 2. The van der Waals surface area contributed by atoms with Crippen LogP contribution in [0.15, 0.2) is 36.8 Å². The molecule has 2 heterocycles. The molecule has 12 heteroatoms. The van der Waals surface area contributed by atoms with E-state index in [1.165, 1.54) is 24.5 Å². The van der Waals surface area contributed by atoms with Crippen LogP contribution < -0.4 is 10.1 Å². The monoisotopic (exact) mass is 523 g/mol. The van der Waals surface area contributed by atoms with E-state index in [4.69, 9.17) is 0 Å². The number of halogens is 3. The summed E-state index contributed by atoms with van der Waals surface area (Å²) < 4.78 is 43.7. The van der Waals surface area contributed by atoms with Crippen LogP contribution in [0.2, 0.25) is 0 Å². The number of aryl methyl sites for hydroxylation is 1. The summed E-state index contributed by atoms with van der Waals surface area (Å²) in [5, 5.41) is 12.2. The number of nitrogens with one attached hydrogen (secondary N) is 1. The standard InChI is InChI=1S/C25H32F3N5O4/c1-24(2,14-34)30-22(35)13-32-9-18-19(10-32)20(18)11-33(23(36)21-12-31(3)15-29-21)8-16-5-4-6-17(7-16)37-25(26,27)28/h4-7,12,15,18-20,34H,8-11,13-14H2,1-3H3,(H,30,35). The Morgan fingerprint density at radius 1 is 1.24 bits per heavy atom. The van der Waals surface area contributed by atoms with Crippen molar-refractivity contribution in [1.82, 2.24) is 24.7 Å². The zero-order chi connectivity index (χ0) is 27.0. The van der Waals surface area contributed by atoms with E-state index in [0.717, 1.165) is 13.1 Å². The van der Waals surface area contributed by atoms with Gasteiger partial charge in [-0.15, -0.1) is 13.2 Å². The number of likely N-dealkylation sites (tertiary alicyclic amines) is 1. The number of aliphatic hydroxyl groups is 1. The van der Waals surface area contributed by atoms with Gasteiger partial charge < -0.3 is 24.6 Å². The van der Waals surface area contributed by atoms with Crippen LogP contribution in [0.3, 0.4) is 0 Å². The number of hydrogen-bond acceptors (Lipinski definition) is 6. The number of aliphatic hydroxyl groups excluding tert-OH is 1. The van der Waals surface area contributed by atoms with Crippen LogP contribution in [-0.2, 0) is 18.4 Å². The van der Waals surface area contributed by atoms with E-state index in [1.807, 2.05) is 0 Å². The van der Waals surface area contributed by atoms with Crippen LogP contribution in [0.1, 0.15) is 29.9 Å². The maximum atomic E-state index is 13.3. The zero-order valence-electron chi connectivity index (χ0n) is 21.0. The molecule has 1 aromatic heterocycles. The number of piperidine rings is 1. The molecule has 37 heavy (non-hydrogen) atoms. The number of amides is 2. The van der Waals surface area contributed by atoms with E-state index in [9.17, 15) is 27.9 Å². The zero-order valence-corrected chi connectivity index (χ0v) is 21.0. The maximum Gasteiger partial charge on any atom is 0.573 e. The molecule has 4 rings (SSSR count). The van der Waals surface area contributed by atoms with Crippen LogP contribution >= 0.6 is 0 Å². The Morgan fingerprint density at radius 3 is 2.54 bits per heavy atom. The lowest BCUT2D eigenvalue weighted by Crippen LogP contribution is -2.50. The van der Waals surface area contributed by atoms with Crippen molar-refractivity contribution in [2.24, 2.45) is 24.8 Å². The number of aromatic nitrogens is 2. The van der Waals surface area contributed by atoms with Crippen LogP contribution in [-0.4, -0.2) is 81.0 Å². The molecule has 2 amide bonds. The largest absolute Gasteiger partial charge is 0.573 e. The summed E-state index contributed by atoms with van der Waals surface area (Å²) in [4.78, 5) is 33.4. The minimum absolute atomic E-state index is 0.114. The quantitative estimate of drug-likeness (QED) is 0.495. The highest BCUT2D eigenvalue weighted by molar-refractivity contribution is 5.92. The van der Waals surface area contributed by atoms with E-state index in [0.29, 0.717) is 23.9 Å². The predicted molar refractivity (Wildman–Crippen MR) is 127 cm³/mol. The van der Waals surface area contributed by atoms with Crippen molar-refractivity contribution in [2.75, 3.05) is 32.8 Å². The number of imidazole rings is 1. The van der Waals surface area contributed by atoms with Crippen LogP contribution in [0.25, 0.3) is 0 Å². The molecule has 202 valence electrons. The summed E-state index contributed by atoms with van der Waals surface area (Å²) >= 11 is 0. The van der Waals surface area contributed by atoms with Gasteiger partial charge in [0.15, 0.2) is 0 Å². The van der Waals surface area contributed by atoms with Gasteiger partial charge >= 0.3 is 6.36 Å². The fourth-order valence-corrected chi connectivity index (χ4v) is 5.02. The molecule has 2 atom stereocenters. The molecule has 0 radical (unpaired) electrons. The van der Waals surface area contributed by atoms with Gasteiger partial charge in [-0.25, -0.2) is 4.98 Å². The number of benzene rings is 1. The number of rotatable bonds is 10. The summed E-state index contributed by atoms with van der Waals surface area (Å²) in [6.45, 7) is 5.59. The van der Waals surface area contributed by atoms with Crippen molar-refractivity contribution in [1.29, 1.82) is 0 Å². The SMILES string of the molecule is Cn1cnc(C(=O)N(Cc2cccc(OC(F)(F)F)c2)CC2C3CN(CC(=O)NC(C)(C)CO)CC32)c1. The van der Waals surface area contributed by atoms with E-state index in [1.54, 1.807) is 42.6 Å². The first-order chi connectivity index (χ1) is 17.3. The molecule has 1 aliphatic heterocycles. The van der Waals surface area contributed by atoms with Gasteiger partial charge in [0.05, 0.1) is 25.0 Å². The van der Waals surface area contributed by atoms with Crippen molar-refractivity contribution < 1.29 is 32.6 Å². The van der Waals surface area contributed by atoms with Gasteiger partial charge in [-0.2, -0.15) is 0 Å². The van der Waals surface area contributed by atoms with E-state index < -0.39 is 11.9 Å². The molecule has 1 saturated heterocycles. The molecule has 1 aromatic carbocycles. The second-order valence-corrected chi connectivity index (χ2v) is 10.6. The van der Waals surface area contributed by atoms with Crippen molar-refractivity contribution in [2.45, 2.75) is 32.3 Å². The van der Waals surface area contributed by atoms with Gasteiger partial charge in [-0.1, -0.05) is 12.1 Å². The molecular formula is C25H32F3N5O4. The minimum atomic E-state index is -4.80. The Hall–Kier alpha value is -3.12. The highest BCUT2D eigenvalue weighted by Crippen LogP contribution is 2.52. The Morgan fingerprint density at radius 2 is 1.95 bits per heavy atom. The maximum absolute atomic E-state index is 13.3. The topological polar surface area (TPSA) is 99.9 Å². The first-order valence-corrected chi connectivity index (χ1v) is 12.1. The summed E-state index contributed by atoms with van der Waals surface area (Å²) in [5.74, 6) is 0.113. The predicted octanol–water partition coefficient (Wildman–Crippen LogP) is 2.03. The fraction of sp³-hybridized carbons (Fsp3) is 0.560. The number of nitrogens with zero attached hydrogens (tertiary/aromatic N) is 4. The Kier molecular flexibility index (Phi) is 7.52.